The van der Waals surface area contributed by atoms with Crippen molar-refractivity contribution in [2.75, 3.05) is 11.9 Å². The van der Waals surface area contributed by atoms with Gasteiger partial charge in [-0.1, -0.05) is 0 Å². The van der Waals surface area contributed by atoms with Gasteiger partial charge < -0.3 is 15.1 Å². The quantitative estimate of drug-likeness (QED) is 0.943. The summed E-state index contributed by atoms with van der Waals surface area (Å²) in [6, 6.07) is 3.98. The van der Waals surface area contributed by atoms with Gasteiger partial charge in [0.05, 0.1) is 6.26 Å². The number of halogens is 1. The van der Waals surface area contributed by atoms with Crippen LogP contribution in [0, 0.1) is 6.92 Å². The molecule has 0 aliphatic rings. The first kappa shape index (κ1) is 13.1. The molecule has 0 bridgehead atoms. The first-order chi connectivity index (χ1) is 8.61. The van der Waals surface area contributed by atoms with E-state index in [1.807, 2.05) is 26.1 Å². The third-order valence-electron chi connectivity index (χ3n) is 2.86. The van der Waals surface area contributed by atoms with Crippen molar-refractivity contribution in [2.45, 2.75) is 20.0 Å². The van der Waals surface area contributed by atoms with Crippen molar-refractivity contribution in [1.82, 2.24) is 4.98 Å². The van der Waals surface area contributed by atoms with Gasteiger partial charge >= 0.3 is 0 Å². The van der Waals surface area contributed by atoms with E-state index in [-0.39, 0.29) is 0 Å². The maximum absolute atomic E-state index is 5.75. The average molecular weight is 310 g/mol. The highest BCUT2D eigenvalue weighted by Gasteiger charge is 2.11. The summed E-state index contributed by atoms with van der Waals surface area (Å²) in [5.74, 6) is 1.84. The Hall–Kier alpha value is -1.33. The lowest BCUT2D eigenvalue weighted by atomic mass is 10.2. The molecule has 0 saturated carbocycles. The Balaban J connectivity index is 2.23. The van der Waals surface area contributed by atoms with E-state index in [1.54, 1.807) is 12.5 Å². The molecule has 0 unspecified atom stereocenters. The van der Waals surface area contributed by atoms with Crippen molar-refractivity contribution < 1.29 is 4.42 Å². The predicted octanol–water partition coefficient (Wildman–Crippen LogP) is 2.84. The highest BCUT2D eigenvalue weighted by molar-refractivity contribution is 9.10. The maximum Gasteiger partial charge on any atom is 0.133 e. The lowest BCUT2D eigenvalue weighted by molar-refractivity contribution is 0.529. The fourth-order valence-corrected chi connectivity index (χ4v) is 2.25. The van der Waals surface area contributed by atoms with Crippen LogP contribution in [0.3, 0.4) is 0 Å². The third kappa shape index (κ3) is 2.73. The molecule has 2 heterocycles. The highest BCUT2D eigenvalue weighted by Crippen LogP contribution is 2.22. The summed E-state index contributed by atoms with van der Waals surface area (Å²) in [5.41, 5.74) is 7.93. The van der Waals surface area contributed by atoms with Crippen LogP contribution in [0.15, 0.2) is 33.5 Å². The molecule has 5 heteroatoms. The Kier molecular flexibility index (Phi) is 4.04. The van der Waals surface area contributed by atoms with Gasteiger partial charge in [-0.3, -0.25) is 0 Å². The summed E-state index contributed by atoms with van der Waals surface area (Å²) in [6.07, 6.45) is 3.49. The van der Waals surface area contributed by atoms with Crippen LogP contribution in [0.25, 0.3) is 0 Å². The normalized spacial score (nSPS) is 10.7. The first-order valence-electron chi connectivity index (χ1n) is 5.70. The second kappa shape index (κ2) is 5.54. The zero-order valence-corrected chi connectivity index (χ0v) is 12.1. The van der Waals surface area contributed by atoms with E-state index in [4.69, 9.17) is 10.2 Å². The van der Waals surface area contributed by atoms with E-state index in [9.17, 15) is 0 Å². The third-order valence-corrected chi connectivity index (χ3v) is 3.30. The van der Waals surface area contributed by atoms with Crippen LogP contribution in [0.5, 0.6) is 0 Å². The molecule has 0 aliphatic heterocycles. The smallest absolute Gasteiger partial charge is 0.133 e. The van der Waals surface area contributed by atoms with E-state index >= 15 is 0 Å². The number of rotatable bonds is 4. The zero-order valence-electron chi connectivity index (χ0n) is 10.5. The van der Waals surface area contributed by atoms with Crippen LogP contribution in [0.2, 0.25) is 0 Å². The number of pyridine rings is 1. The van der Waals surface area contributed by atoms with E-state index in [1.165, 1.54) is 0 Å². The Morgan fingerprint density at radius 3 is 2.83 bits per heavy atom. The second-order valence-corrected chi connectivity index (χ2v) is 5.11. The number of hydrogen-bond donors (Lipinski definition) is 1. The minimum atomic E-state index is 0.469. The fraction of sp³-hybridized carbons (Fsp3) is 0.308. The van der Waals surface area contributed by atoms with Gasteiger partial charge in [0, 0.05) is 41.9 Å². The van der Waals surface area contributed by atoms with Crippen LogP contribution in [0.4, 0.5) is 5.82 Å². The van der Waals surface area contributed by atoms with E-state index in [2.05, 4.69) is 25.8 Å². The largest absolute Gasteiger partial charge is 0.469 e. The van der Waals surface area contributed by atoms with Gasteiger partial charge in [-0.05, 0) is 35.0 Å². The van der Waals surface area contributed by atoms with E-state index in [0.717, 1.165) is 33.7 Å². The fourth-order valence-electron chi connectivity index (χ4n) is 1.87. The van der Waals surface area contributed by atoms with Gasteiger partial charge in [-0.25, -0.2) is 4.98 Å². The first-order valence-corrected chi connectivity index (χ1v) is 6.49. The molecule has 4 nitrogen and oxygen atoms in total. The Bertz CT molecular complexity index is 539. The summed E-state index contributed by atoms with van der Waals surface area (Å²) in [6.45, 7) is 3.18. The average Bonchev–Trinajstić information content (AvgIpc) is 2.74. The number of anilines is 1. The van der Waals surface area contributed by atoms with Crippen molar-refractivity contribution in [2.24, 2.45) is 5.73 Å². The monoisotopic (exact) mass is 309 g/mol. The number of aryl methyl sites for hydroxylation is 1. The van der Waals surface area contributed by atoms with Crippen molar-refractivity contribution in [3.8, 4) is 0 Å². The van der Waals surface area contributed by atoms with E-state index < -0.39 is 0 Å². The van der Waals surface area contributed by atoms with Crippen molar-refractivity contribution in [1.29, 1.82) is 0 Å². The van der Waals surface area contributed by atoms with Gasteiger partial charge in [0.25, 0.3) is 0 Å². The zero-order chi connectivity index (χ0) is 13.1. The molecule has 0 saturated heterocycles. The molecular formula is C13H16BrN3O. The standard InChI is InChI=1S/C13H16BrN3O/c1-9-10(3-4-18-9)8-17(2)13-11(6-15)5-12(14)7-16-13/h3-5,7H,6,8,15H2,1-2H3. The molecule has 2 aromatic heterocycles. The number of aromatic nitrogens is 1. The van der Waals surface area contributed by atoms with Crippen LogP contribution in [0.1, 0.15) is 16.9 Å². The molecule has 2 N–H and O–H groups in total. The lowest BCUT2D eigenvalue weighted by Gasteiger charge is -2.20. The Morgan fingerprint density at radius 1 is 1.44 bits per heavy atom. The molecule has 0 aliphatic carbocycles. The van der Waals surface area contributed by atoms with Crippen molar-refractivity contribution in [3.63, 3.8) is 0 Å². The van der Waals surface area contributed by atoms with Crippen LogP contribution < -0.4 is 10.6 Å². The van der Waals surface area contributed by atoms with Crippen molar-refractivity contribution >= 4 is 21.7 Å². The molecule has 2 aromatic rings. The molecule has 0 atom stereocenters. The summed E-state index contributed by atoms with van der Waals surface area (Å²) in [4.78, 5) is 6.50. The minimum Gasteiger partial charge on any atom is -0.469 e. The Labute approximate surface area is 115 Å². The lowest BCUT2D eigenvalue weighted by Crippen LogP contribution is -2.20. The second-order valence-electron chi connectivity index (χ2n) is 4.20. The molecule has 0 amide bonds. The molecule has 0 aromatic carbocycles. The minimum absolute atomic E-state index is 0.469. The number of furan rings is 1. The summed E-state index contributed by atoms with van der Waals surface area (Å²) in [7, 11) is 2.00. The van der Waals surface area contributed by atoms with Gasteiger partial charge in [0.1, 0.15) is 11.6 Å². The highest BCUT2D eigenvalue weighted by atomic mass is 79.9. The predicted molar refractivity (Wildman–Crippen MR) is 75.4 cm³/mol. The molecule has 0 spiro atoms. The van der Waals surface area contributed by atoms with Crippen LogP contribution in [-0.2, 0) is 13.1 Å². The number of hydrogen-bond acceptors (Lipinski definition) is 4. The maximum atomic E-state index is 5.75. The SMILES string of the molecule is Cc1occc1CN(C)c1ncc(Br)cc1CN. The number of nitrogens with two attached hydrogens (primary N) is 1. The number of nitrogens with zero attached hydrogens (tertiary/aromatic N) is 2. The topological polar surface area (TPSA) is 55.3 Å². The van der Waals surface area contributed by atoms with Crippen LogP contribution in [-0.4, -0.2) is 12.0 Å². The molecule has 2 rings (SSSR count). The van der Waals surface area contributed by atoms with Gasteiger partial charge in [0.15, 0.2) is 0 Å². The van der Waals surface area contributed by atoms with Crippen molar-refractivity contribution in [3.05, 3.63) is 46.0 Å². The molecule has 18 heavy (non-hydrogen) atoms. The molecule has 0 fully saturated rings. The van der Waals surface area contributed by atoms with E-state index in [0.29, 0.717) is 6.54 Å². The summed E-state index contributed by atoms with van der Waals surface area (Å²) < 4.78 is 6.24. The molecule has 0 radical (unpaired) electrons. The molecule has 96 valence electrons. The van der Waals surface area contributed by atoms with Crippen LogP contribution >= 0.6 is 15.9 Å². The summed E-state index contributed by atoms with van der Waals surface area (Å²) in [5, 5.41) is 0. The Morgan fingerprint density at radius 2 is 2.22 bits per heavy atom. The van der Waals surface area contributed by atoms with Gasteiger partial charge in [-0.2, -0.15) is 0 Å². The summed E-state index contributed by atoms with van der Waals surface area (Å²) >= 11 is 3.41. The van der Waals surface area contributed by atoms with Gasteiger partial charge in [-0.15, -0.1) is 0 Å². The van der Waals surface area contributed by atoms with Gasteiger partial charge in [0.2, 0.25) is 0 Å². The molecular weight excluding hydrogens is 294 g/mol.